The number of carbonyl (C=O) groups is 1. The van der Waals surface area contributed by atoms with E-state index >= 15 is 0 Å². The minimum absolute atomic E-state index is 0. The number of hydrogen-bond donors (Lipinski definition) is 1. The number of amides is 1. The average molecular weight is 367 g/mol. The Kier molecular flexibility index (Phi) is 5.65. The Bertz CT molecular complexity index is 567. The molecule has 1 aromatic heterocycles. The van der Waals surface area contributed by atoms with Crippen LogP contribution < -0.4 is 10.2 Å². The summed E-state index contributed by atoms with van der Waals surface area (Å²) in [6.45, 7) is 1.72. The number of hydrogen-bond acceptors (Lipinski definition) is 4. The summed E-state index contributed by atoms with van der Waals surface area (Å²) >= 11 is 6.11. The molecule has 5 nitrogen and oxygen atoms in total. The fourth-order valence-electron chi connectivity index (χ4n) is 2.86. The van der Waals surface area contributed by atoms with E-state index < -0.39 is 24.9 Å². The first-order valence-electron chi connectivity index (χ1n) is 7.22. The van der Waals surface area contributed by atoms with Gasteiger partial charge < -0.3 is 9.80 Å². The fourth-order valence-corrected chi connectivity index (χ4v) is 3.10. The lowest BCUT2D eigenvalue weighted by molar-refractivity contribution is -0.134. The highest BCUT2D eigenvalue weighted by molar-refractivity contribution is 6.32. The lowest BCUT2D eigenvalue weighted by atomic mass is 10.1. The monoisotopic (exact) mass is 366 g/mol. The van der Waals surface area contributed by atoms with E-state index in [2.05, 4.69) is 10.3 Å². The highest BCUT2D eigenvalue weighted by Gasteiger charge is 2.43. The molecular formula is C14H18Cl2F2N4O. The molecule has 128 valence electrons. The summed E-state index contributed by atoms with van der Waals surface area (Å²) in [7, 11) is 0. The van der Waals surface area contributed by atoms with Gasteiger partial charge in [0.1, 0.15) is 5.82 Å². The van der Waals surface area contributed by atoms with Crippen molar-refractivity contribution in [2.75, 3.05) is 37.6 Å². The maximum Gasteiger partial charge on any atom is 0.262 e. The van der Waals surface area contributed by atoms with E-state index in [1.165, 1.54) is 0 Å². The summed E-state index contributed by atoms with van der Waals surface area (Å²) in [5.74, 6) is -2.34. The molecule has 2 fully saturated rings. The van der Waals surface area contributed by atoms with Crippen molar-refractivity contribution in [3.05, 3.63) is 23.4 Å². The van der Waals surface area contributed by atoms with Gasteiger partial charge in [0.2, 0.25) is 5.91 Å². The maximum atomic E-state index is 13.2. The Balaban J connectivity index is 0.00000192. The summed E-state index contributed by atoms with van der Waals surface area (Å²) in [5, 5.41) is 3.18. The van der Waals surface area contributed by atoms with Crippen molar-refractivity contribution in [2.45, 2.75) is 18.4 Å². The molecule has 0 spiro atoms. The number of carbonyl (C=O) groups excluding carboxylic acids is 1. The number of halogens is 4. The van der Waals surface area contributed by atoms with Gasteiger partial charge in [-0.2, -0.15) is 0 Å². The second kappa shape index (κ2) is 7.15. The second-order valence-corrected chi connectivity index (χ2v) is 6.02. The molecule has 0 aromatic carbocycles. The summed E-state index contributed by atoms with van der Waals surface area (Å²) < 4.78 is 26.4. The van der Waals surface area contributed by atoms with Crippen molar-refractivity contribution in [1.82, 2.24) is 15.2 Å². The number of nitrogens with zero attached hydrogens (tertiary/aromatic N) is 3. The predicted octanol–water partition coefficient (Wildman–Crippen LogP) is 1.80. The van der Waals surface area contributed by atoms with E-state index in [1.54, 1.807) is 23.2 Å². The molecule has 0 radical (unpaired) electrons. The van der Waals surface area contributed by atoms with Gasteiger partial charge >= 0.3 is 0 Å². The van der Waals surface area contributed by atoms with Crippen LogP contribution in [-0.4, -0.2) is 60.5 Å². The molecule has 1 atom stereocenters. The van der Waals surface area contributed by atoms with E-state index in [1.807, 2.05) is 4.90 Å². The molecule has 1 N–H and O–H groups in total. The molecule has 2 aliphatic heterocycles. The third-order valence-corrected chi connectivity index (χ3v) is 4.33. The van der Waals surface area contributed by atoms with E-state index in [4.69, 9.17) is 11.6 Å². The molecule has 3 heterocycles. The summed E-state index contributed by atoms with van der Waals surface area (Å²) in [5.41, 5.74) is 0. The number of rotatable bonds is 2. The van der Waals surface area contributed by atoms with Gasteiger partial charge in [0.05, 0.1) is 17.6 Å². The molecule has 2 saturated heterocycles. The summed E-state index contributed by atoms with van der Waals surface area (Å²) in [6.07, 6.45) is 1.25. The van der Waals surface area contributed by atoms with Crippen molar-refractivity contribution in [2.24, 2.45) is 0 Å². The maximum absolute atomic E-state index is 13.2. The molecule has 0 bridgehead atoms. The van der Waals surface area contributed by atoms with Crippen LogP contribution in [0.3, 0.4) is 0 Å². The number of pyridine rings is 1. The zero-order valence-electron chi connectivity index (χ0n) is 12.3. The lowest BCUT2D eigenvalue weighted by Crippen LogP contribution is -2.53. The molecule has 1 amide bonds. The molecule has 1 unspecified atom stereocenters. The largest absolute Gasteiger partial charge is 0.352 e. The Morgan fingerprint density at radius 2 is 2.04 bits per heavy atom. The minimum Gasteiger partial charge on any atom is -0.352 e. The second-order valence-electron chi connectivity index (χ2n) is 5.61. The van der Waals surface area contributed by atoms with Crippen LogP contribution in [-0.2, 0) is 4.79 Å². The quantitative estimate of drug-likeness (QED) is 0.866. The molecule has 3 rings (SSSR count). The van der Waals surface area contributed by atoms with Crippen molar-refractivity contribution in [3.63, 3.8) is 0 Å². The van der Waals surface area contributed by atoms with Gasteiger partial charge in [0.25, 0.3) is 5.92 Å². The molecule has 0 saturated carbocycles. The Morgan fingerprint density at radius 3 is 2.61 bits per heavy atom. The average Bonchev–Trinajstić information content (AvgIpc) is 2.87. The normalized spacial score (nSPS) is 23.5. The van der Waals surface area contributed by atoms with Crippen LogP contribution in [0.1, 0.15) is 6.42 Å². The Labute approximate surface area is 144 Å². The highest BCUT2D eigenvalue weighted by atomic mass is 35.5. The van der Waals surface area contributed by atoms with Gasteiger partial charge in [-0.25, -0.2) is 13.8 Å². The number of piperazine rings is 1. The van der Waals surface area contributed by atoms with E-state index in [0.717, 1.165) is 0 Å². The molecule has 0 aliphatic carbocycles. The zero-order valence-corrected chi connectivity index (χ0v) is 13.9. The number of nitrogens with one attached hydrogen (secondary N) is 1. The van der Waals surface area contributed by atoms with Gasteiger partial charge in [-0.3, -0.25) is 10.1 Å². The topological polar surface area (TPSA) is 48.5 Å². The van der Waals surface area contributed by atoms with Crippen LogP contribution in [0.5, 0.6) is 0 Å². The molecule has 9 heteroatoms. The van der Waals surface area contributed by atoms with Gasteiger partial charge in [0, 0.05) is 38.8 Å². The van der Waals surface area contributed by atoms with Crippen LogP contribution in [0, 0.1) is 0 Å². The Hall–Kier alpha value is -1.18. The molecule has 23 heavy (non-hydrogen) atoms. The Morgan fingerprint density at radius 1 is 1.35 bits per heavy atom. The fraction of sp³-hybridized carbons (Fsp3) is 0.571. The van der Waals surface area contributed by atoms with Crippen LogP contribution in [0.4, 0.5) is 14.6 Å². The first-order chi connectivity index (χ1) is 10.5. The van der Waals surface area contributed by atoms with Crippen LogP contribution in [0.15, 0.2) is 18.3 Å². The van der Waals surface area contributed by atoms with E-state index in [9.17, 15) is 13.6 Å². The molecular weight excluding hydrogens is 349 g/mol. The third kappa shape index (κ3) is 4.02. The van der Waals surface area contributed by atoms with Gasteiger partial charge in [-0.1, -0.05) is 11.6 Å². The van der Waals surface area contributed by atoms with E-state index in [-0.39, 0.29) is 18.3 Å². The molecule has 1 aromatic rings. The lowest BCUT2D eigenvalue weighted by Gasteiger charge is -2.36. The van der Waals surface area contributed by atoms with Gasteiger partial charge in [-0.05, 0) is 12.1 Å². The number of aromatic nitrogens is 1. The van der Waals surface area contributed by atoms with Gasteiger partial charge in [0.15, 0.2) is 0 Å². The minimum atomic E-state index is -2.79. The smallest absolute Gasteiger partial charge is 0.262 e. The highest BCUT2D eigenvalue weighted by Crippen LogP contribution is 2.27. The number of alkyl halides is 2. The van der Waals surface area contributed by atoms with Gasteiger partial charge in [-0.15, -0.1) is 12.4 Å². The van der Waals surface area contributed by atoms with E-state index in [0.29, 0.717) is 37.0 Å². The van der Waals surface area contributed by atoms with Crippen LogP contribution in [0.2, 0.25) is 5.02 Å². The summed E-state index contributed by atoms with van der Waals surface area (Å²) in [4.78, 5) is 20.1. The standard InChI is InChI=1S/C14H17ClF2N4O.ClH/c15-10-2-1-3-18-12(10)20-4-6-21(7-5-20)13(22)11-8-14(16,17)9-19-11;/h1-3,11,19H,4-9H2;1H. The van der Waals surface area contributed by atoms with Crippen LogP contribution >= 0.6 is 24.0 Å². The SMILES string of the molecule is Cl.O=C(C1CC(F)(F)CN1)N1CCN(c2ncccc2Cl)CC1. The van der Waals surface area contributed by atoms with Crippen LogP contribution in [0.25, 0.3) is 0 Å². The number of anilines is 1. The van der Waals surface area contributed by atoms with Crippen molar-refractivity contribution >= 4 is 35.7 Å². The van der Waals surface area contributed by atoms with Crippen molar-refractivity contribution in [3.8, 4) is 0 Å². The third-order valence-electron chi connectivity index (χ3n) is 4.04. The van der Waals surface area contributed by atoms with Crippen molar-refractivity contribution in [1.29, 1.82) is 0 Å². The molecule has 2 aliphatic rings. The summed E-state index contributed by atoms with van der Waals surface area (Å²) in [6, 6.07) is 2.75. The first-order valence-corrected chi connectivity index (χ1v) is 7.59. The first kappa shape index (κ1) is 18.2. The van der Waals surface area contributed by atoms with Crippen molar-refractivity contribution < 1.29 is 13.6 Å². The predicted molar refractivity (Wildman–Crippen MR) is 86.6 cm³/mol. The zero-order chi connectivity index (χ0) is 15.7.